The molecule has 3 aliphatic heterocycles. The number of imide groups is 1. The van der Waals surface area contributed by atoms with E-state index < -0.39 is 18.2 Å². The van der Waals surface area contributed by atoms with E-state index in [1.807, 2.05) is 41.4 Å². The number of carbonyl (C=O) groups excluding carboxylic acids is 2. The lowest BCUT2D eigenvalue weighted by atomic mass is 10.1. The van der Waals surface area contributed by atoms with Crippen molar-refractivity contribution >= 4 is 29.3 Å². The molecule has 7 nitrogen and oxygen atoms in total. The minimum absolute atomic E-state index is 0.327. The Morgan fingerprint density at radius 1 is 1.03 bits per heavy atom. The molecule has 1 fully saturated rings. The minimum Gasteiger partial charge on any atom is -0.303 e. The van der Waals surface area contributed by atoms with Crippen molar-refractivity contribution < 1.29 is 9.59 Å². The van der Waals surface area contributed by atoms with Crippen LogP contribution in [0.25, 0.3) is 5.70 Å². The summed E-state index contributed by atoms with van der Waals surface area (Å²) >= 11 is 0. The molecule has 3 aliphatic rings. The van der Waals surface area contributed by atoms with Crippen LogP contribution in [0, 0.1) is 0 Å². The number of hydrogen-bond donors (Lipinski definition) is 1. The number of anilines is 1. The molecule has 0 saturated carbocycles. The number of hydrogen-bond acceptors (Lipinski definition) is 5. The van der Waals surface area contributed by atoms with Crippen molar-refractivity contribution in [2.24, 2.45) is 4.99 Å². The number of unbranched alkanes of at least 4 members (excludes halogenated alkanes) is 1. The van der Waals surface area contributed by atoms with E-state index in [0.29, 0.717) is 5.96 Å². The summed E-state index contributed by atoms with van der Waals surface area (Å²) in [6.45, 7) is 2.19. The Morgan fingerprint density at radius 3 is 2.48 bits per heavy atom. The molecule has 31 heavy (non-hydrogen) atoms. The third-order valence-corrected chi connectivity index (χ3v) is 6.06. The third kappa shape index (κ3) is 3.17. The van der Waals surface area contributed by atoms with Gasteiger partial charge in [0.05, 0.1) is 5.70 Å². The van der Waals surface area contributed by atoms with Crippen LogP contribution in [0.2, 0.25) is 0 Å². The largest absolute Gasteiger partial charge is 0.325 e. The fraction of sp³-hybridized carbons (Fsp3) is 0.292. The molecule has 2 unspecified atom stereocenters. The number of guanidine groups is 1. The third-order valence-electron chi connectivity index (χ3n) is 6.06. The highest BCUT2D eigenvalue weighted by atomic mass is 16.2. The van der Waals surface area contributed by atoms with Crippen LogP contribution in [0.5, 0.6) is 0 Å². The molecule has 5 rings (SSSR count). The average Bonchev–Trinajstić information content (AvgIpc) is 3.34. The van der Waals surface area contributed by atoms with Crippen molar-refractivity contribution in [3.8, 4) is 0 Å². The fourth-order valence-corrected chi connectivity index (χ4v) is 4.34. The summed E-state index contributed by atoms with van der Waals surface area (Å²) in [5, 5.41) is 2.43. The summed E-state index contributed by atoms with van der Waals surface area (Å²) in [5.74, 6) is 0.333. The van der Waals surface area contributed by atoms with E-state index >= 15 is 0 Å². The molecular formula is C24H25N5O2. The maximum Gasteiger partial charge on any atom is 0.325 e. The first-order valence-electron chi connectivity index (χ1n) is 10.7. The highest BCUT2D eigenvalue weighted by Gasteiger charge is 2.52. The van der Waals surface area contributed by atoms with E-state index in [-0.39, 0.29) is 5.91 Å². The standard InChI is InChI=1S/C24H25N5O2/c1-3-4-8-16-11-13-18(14-12-16)29-19(17-9-6-5-7-10-17)15-28-20-21(25-23(28)29)27(2)24(31)26-22(20)30/h5-7,9-15,20-21H,3-4,8H2,1-2H3,(H,26,30,31). The van der Waals surface area contributed by atoms with Gasteiger partial charge >= 0.3 is 6.03 Å². The number of nitrogens with zero attached hydrogens (tertiary/aromatic N) is 4. The minimum atomic E-state index is -0.578. The van der Waals surface area contributed by atoms with Gasteiger partial charge in [-0.3, -0.25) is 19.9 Å². The normalized spacial score (nSPS) is 22.2. The van der Waals surface area contributed by atoms with Crippen LogP contribution in [0.4, 0.5) is 10.5 Å². The zero-order valence-electron chi connectivity index (χ0n) is 17.7. The summed E-state index contributed by atoms with van der Waals surface area (Å²) in [6.07, 6.45) is 4.81. The molecule has 3 heterocycles. The molecule has 0 radical (unpaired) electrons. The lowest BCUT2D eigenvalue weighted by Gasteiger charge is -2.34. The number of aliphatic imine (C=N–C) groups is 1. The molecule has 2 aromatic carbocycles. The summed E-state index contributed by atoms with van der Waals surface area (Å²) < 4.78 is 0. The number of carbonyl (C=O) groups is 2. The van der Waals surface area contributed by atoms with Crippen LogP contribution in [-0.2, 0) is 11.2 Å². The number of urea groups is 1. The quantitative estimate of drug-likeness (QED) is 0.813. The second kappa shape index (κ2) is 7.58. The van der Waals surface area contributed by atoms with Gasteiger partial charge in [-0.15, -0.1) is 0 Å². The van der Waals surface area contributed by atoms with E-state index in [4.69, 9.17) is 4.99 Å². The number of benzene rings is 2. The number of fused-ring (bicyclic) bond motifs is 3. The van der Waals surface area contributed by atoms with Crippen LogP contribution in [0.3, 0.4) is 0 Å². The molecule has 3 amide bonds. The van der Waals surface area contributed by atoms with Crippen molar-refractivity contribution in [1.82, 2.24) is 15.1 Å². The molecule has 0 spiro atoms. The predicted octanol–water partition coefficient (Wildman–Crippen LogP) is 3.40. The Hall–Kier alpha value is -3.61. The highest BCUT2D eigenvalue weighted by molar-refractivity contribution is 6.16. The Morgan fingerprint density at radius 2 is 1.77 bits per heavy atom. The van der Waals surface area contributed by atoms with E-state index in [1.54, 1.807) is 7.05 Å². The van der Waals surface area contributed by atoms with Gasteiger partial charge in [-0.25, -0.2) is 9.79 Å². The summed E-state index contributed by atoms with van der Waals surface area (Å²) in [5.41, 5.74) is 4.27. The fourth-order valence-electron chi connectivity index (χ4n) is 4.34. The first-order chi connectivity index (χ1) is 15.1. The summed E-state index contributed by atoms with van der Waals surface area (Å²) in [6, 6.07) is 17.6. The van der Waals surface area contributed by atoms with Gasteiger partial charge in [0.1, 0.15) is 0 Å². The van der Waals surface area contributed by atoms with Crippen LogP contribution in [0.1, 0.15) is 30.9 Å². The van der Waals surface area contributed by atoms with Crippen LogP contribution >= 0.6 is 0 Å². The molecular weight excluding hydrogens is 390 g/mol. The van der Waals surface area contributed by atoms with Crippen LogP contribution < -0.4 is 10.2 Å². The number of aryl methyl sites for hydroxylation is 1. The SMILES string of the molecule is CCCCc1ccc(N2C(c3ccccc3)=CN3C2=NC2C3C(=O)NC(=O)N2C)cc1. The second-order valence-corrected chi connectivity index (χ2v) is 8.09. The molecule has 1 saturated heterocycles. The first-order valence-corrected chi connectivity index (χ1v) is 10.7. The van der Waals surface area contributed by atoms with Gasteiger partial charge in [-0.2, -0.15) is 0 Å². The summed E-state index contributed by atoms with van der Waals surface area (Å²) in [7, 11) is 1.67. The Labute approximate surface area is 181 Å². The maximum atomic E-state index is 12.7. The lowest BCUT2D eigenvalue weighted by molar-refractivity contribution is -0.126. The molecule has 158 valence electrons. The molecule has 2 aromatic rings. The highest BCUT2D eigenvalue weighted by Crippen LogP contribution is 2.39. The zero-order valence-corrected chi connectivity index (χ0v) is 17.7. The predicted molar refractivity (Wildman–Crippen MR) is 120 cm³/mol. The smallest absolute Gasteiger partial charge is 0.303 e. The van der Waals surface area contributed by atoms with Gasteiger partial charge in [0.2, 0.25) is 5.96 Å². The summed E-state index contributed by atoms with van der Waals surface area (Å²) in [4.78, 5) is 35.1. The van der Waals surface area contributed by atoms with Gasteiger partial charge in [0.15, 0.2) is 12.2 Å². The molecule has 7 heteroatoms. The number of likely N-dealkylation sites (N-methyl/N-ethyl adjacent to an activating group) is 1. The Balaban J connectivity index is 1.56. The number of nitrogens with one attached hydrogen (secondary N) is 1. The molecule has 0 aromatic heterocycles. The van der Waals surface area contributed by atoms with Crippen molar-refractivity contribution in [1.29, 1.82) is 0 Å². The Bertz CT molecular complexity index is 1080. The van der Waals surface area contributed by atoms with Gasteiger partial charge in [-0.05, 0) is 30.5 Å². The first kappa shape index (κ1) is 19.4. The van der Waals surface area contributed by atoms with Crippen LogP contribution in [-0.4, -0.2) is 47.0 Å². The van der Waals surface area contributed by atoms with Crippen molar-refractivity contribution in [3.63, 3.8) is 0 Å². The lowest BCUT2D eigenvalue weighted by Crippen LogP contribution is -2.62. The topological polar surface area (TPSA) is 68.2 Å². The van der Waals surface area contributed by atoms with E-state index in [0.717, 1.165) is 36.2 Å². The molecule has 2 atom stereocenters. The zero-order chi connectivity index (χ0) is 21.5. The van der Waals surface area contributed by atoms with Gasteiger partial charge in [0.25, 0.3) is 5.91 Å². The van der Waals surface area contributed by atoms with E-state index in [1.165, 1.54) is 10.5 Å². The van der Waals surface area contributed by atoms with Crippen molar-refractivity contribution in [2.75, 3.05) is 11.9 Å². The maximum absolute atomic E-state index is 12.7. The monoisotopic (exact) mass is 415 g/mol. The Kier molecular flexibility index (Phi) is 4.73. The van der Waals surface area contributed by atoms with Gasteiger partial charge < -0.3 is 4.90 Å². The molecule has 0 aliphatic carbocycles. The van der Waals surface area contributed by atoms with Crippen molar-refractivity contribution in [3.05, 3.63) is 71.9 Å². The number of amides is 3. The van der Waals surface area contributed by atoms with Gasteiger partial charge in [-0.1, -0.05) is 55.8 Å². The molecule has 0 bridgehead atoms. The van der Waals surface area contributed by atoms with Gasteiger partial charge in [0, 0.05) is 24.5 Å². The average molecular weight is 415 g/mol. The second-order valence-electron chi connectivity index (χ2n) is 8.09. The van der Waals surface area contributed by atoms with E-state index in [2.05, 4.69) is 41.4 Å². The van der Waals surface area contributed by atoms with E-state index in [9.17, 15) is 9.59 Å². The van der Waals surface area contributed by atoms with Crippen molar-refractivity contribution in [2.45, 2.75) is 38.4 Å². The molecule has 1 N–H and O–H groups in total. The number of rotatable bonds is 5. The van der Waals surface area contributed by atoms with Crippen LogP contribution in [0.15, 0.2) is 65.8 Å².